The van der Waals surface area contributed by atoms with Gasteiger partial charge in [-0.1, -0.05) is 0 Å². The lowest BCUT2D eigenvalue weighted by molar-refractivity contribution is -0.136. The fourth-order valence-corrected chi connectivity index (χ4v) is 2.55. The number of thiophene rings is 1. The summed E-state index contributed by atoms with van der Waals surface area (Å²) in [6.45, 7) is -0.0652. The summed E-state index contributed by atoms with van der Waals surface area (Å²) in [4.78, 5) is 34.8. The second-order valence-corrected chi connectivity index (χ2v) is 5.59. The maximum absolute atomic E-state index is 11.8. The largest absolute Gasteiger partial charge is 0.465 e. The van der Waals surface area contributed by atoms with Crippen LogP contribution in [-0.2, 0) is 14.3 Å². The summed E-state index contributed by atoms with van der Waals surface area (Å²) in [7, 11) is 1.27. The Labute approximate surface area is 142 Å². The van der Waals surface area contributed by atoms with Crippen LogP contribution in [0.1, 0.15) is 22.0 Å². The molecule has 3 N–H and O–H groups in total. The van der Waals surface area contributed by atoms with Crippen molar-refractivity contribution in [1.29, 1.82) is 0 Å². The van der Waals surface area contributed by atoms with Gasteiger partial charge in [-0.3, -0.25) is 9.59 Å². The molecule has 24 heavy (non-hydrogen) atoms. The van der Waals surface area contributed by atoms with Crippen LogP contribution in [0.2, 0.25) is 0 Å². The molecule has 1 atom stereocenters. The van der Waals surface area contributed by atoms with Crippen molar-refractivity contribution >= 4 is 34.8 Å². The molecule has 8 heteroatoms. The molecule has 0 saturated carbocycles. The van der Waals surface area contributed by atoms with Crippen molar-refractivity contribution in [2.75, 3.05) is 19.0 Å². The van der Waals surface area contributed by atoms with Crippen LogP contribution in [0.3, 0.4) is 0 Å². The number of hydrogen-bond donors (Lipinski definition) is 3. The average Bonchev–Trinajstić information content (AvgIpc) is 3.14. The molecular weight excluding hydrogens is 332 g/mol. The Morgan fingerprint density at radius 1 is 1.17 bits per heavy atom. The van der Waals surface area contributed by atoms with E-state index in [1.807, 2.05) is 5.38 Å². The third kappa shape index (κ3) is 4.64. The van der Waals surface area contributed by atoms with Gasteiger partial charge in [0.25, 0.3) is 0 Å². The number of aliphatic hydroxyl groups is 1. The van der Waals surface area contributed by atoms with E-state index in [0.29, 0.717) is 16.8 Å². The maximum Gasteiger partial charge on any atom is 0.337 e. The Morgan fingerprint density at radius 2 is 1.88 bits per heavy atom. The van der Waals surface area contributed by atoms with Gasteiger partial charge in [-0.25, -0.2) is 4.79 Å². The second kappa shape index (κ2) is 8.23. The number of ether oxygens (including phenoxy) is 1. The number of esters is 1. The minimum atomic E-state index is -0.868. The Bertz CT molecular complexity index is 713. The second-order valence-electron chi connectivity index (χ2n) is 4.81. The van der Waals surface area contributed by atoms with Gasteiger partial charge < -0.3 is 20.5 Å². The summed E-state index contributed by atoms with van der Waals surface area (Å²) in [6, 6.07) is 7.65. The van der Waals surface area contributed by atoms with Gasteiger partial charge in [0.1, 0.15) is 0 Å². The van der Waals surface area contributed by atoms with Crippen LogP contribution in [-0.4, -0.2) is 36.5 Å². The highest BCUT2D eigenvalue weighted by Crippen LogP contribution is 2.15. The van der Waals surface area contributed by atoms with E-state index in [1.54, 1.807) is 11.4 Å². The fraction of sp³-hybridized carbons (Fsp3) is 0.188. The number of aliphatic hydroxyl groups excluding tert-OH is 1. The lowest BCUT2D eigenvalue weighted by Gasteiger charge is -2.10. The molecule has 0 aliphatic rings. The first kappa shape index (κ1) is 17.6. The van der Waals surface area contributed by atoms with Gasteiger partial charge in [-0.15, -0.1) is 0 Å². The molecule has 2 aromatic rings. The predicted molar refractivity (Wildman–Crippen MR) is 88.7 cm³/mol. The molecule has 0 saturated heterocycles. The number of methoxy groups -OCH3 is 1. The Morgan fingerprint density at radius 3 is 2.46 bits per heavy atom. The maximum atomic E-state index is 11.8. The molecule has 0 bridgehead atoms. The van der Waals surface area contributed by atoms with Crippen molar-refractivity contribution in [2.45, 2.75) is 6.10 Å². The number of benzene rings is 1. The van der Waals surface area contributed by atoms with Crippen LogP contribution in [0.15, 0.2) is 41.1 Å². The number of carbonyl (C=O) groups is 3. The van der Waals surface area contributed by atoms with Crippen molar-refractivity contribution < 1.29 is 24.2 Å². The highest BCUT2D eigenvalue weighted by Gasteiger charge is 2.16. The first-order chi connectivity index (χ1) is 11.5. The van der Waals surface area contributed by atoms with Gasteiger partial charge in [0.2, 0.25) is 0 Å². The van der Waals surface area contributed by atoms with Crippen molar-refractivity contribution in [3.8, 4) is 0 Å². The Balaban J connectivity index is 1.85. The van der Waals surface area contributed by atoms with Crippen LogP contribution >= 0.6 is 11.3 Å². The molecule has 0 aliphatic carbocycles. The topological polar surface area (TPSA) is 105 Å². The fourth-order valence-electron chi connectivity index (χ4n) is 1.85. The third-order valence-electron chi connectivity index (χ3n) is 3.15. The van der Waals surface area contributed by atoms with Crippen LogP contribution in [0.25, 0.3) is 0 Å². The van der Waals surface area contributed by atoms with E-state index in [2.05, 4.69) is 15.4 Å². The van der Waals surface area contributed by atoms with Crippen LogP contribution in [0, 0.1) is 0 Å². The predicted octanol–water partition coefficient (Wildman–Crippen LogP) is 1.32. The molecule has 2 amide bonds. The summed E-state index contributed by atoms with van der Waals surface area (Å²) in [6.07, 6.45) is -0.868. The molecule has 0 fully saturated rings. The summed E-state index contributed by atoms with van der Waals surface area (Å²) >= 11 is 1.43. The molecule has 0 spiro atoms. The highest BCUT2D eigenvalue weighted by molar-refractivity contribution is 7.07. The van der Waals surface area contributed by atoms with E-state index >= 15 is 0 Å². The highest BCUT2D eigenvalue weighted by atomic mass is 32.1. The van der Waals surface area contributed by atoms with Crippen LogP contribution < -0.4 is 10.6 Å². The quantitative estimate of drug-likeness (QED) is 0.558. The number of rotatable bonds is 5. The molecule has 0 aliphatic heterocycles. The molecule has 2 rings (SSSR count). The number of nitrogens with one attached hydrogen (secondary N) is 2. The molecule has 1 heterocycles. The molecule has 0 radical (unpaired) electrons. The zero-order valence-corrected chi connectivity index (χ0v) is 13.6. The van der Waals surface area contributed by atoms with Crippen molar-refractivity contribution in [2.24, 2.45) is 0 Å². The van der Waals surface area contributed by atoms with E-state index < -0.39 is 23.9 Å². The third-order valence-corrected chi connectivity index (χ3v) is 3.86. The zero-order chi connectivity index (χ0) is 17.5. The number of anilines is 1. The van der Waals surface area contributed by atoms with Gasteiger partial charge in [0, 0.05) is 12.2 Å². The minimum Gasteiger partial charge on any atom is -0.465 e. The Hall–Kier alpha value is -2.71. The number of hydrogen-bond acceptors (Lipinski definition) is 6. The molecule has 1 aromatic carbocycles. The SMILES string of the molecule is COC(=O)c1ccc(NC(=O)C(=O)NCC(O)c2ccsc2)cc1. The smallest absolute Gasteiger partial charge is 0.337 e. The molecular formula is C16H16N2O5S. The lowest BCUT2D eigenvalue weighted by Crippen LogP contribution is -2.37. The number of amides is 2. The van der Waals surface area contributed by atoms with Crippen molar-refractivity contribution in [3.63, 3.8) is 0 Å². The summed E-state index contributed by atoms with van der Waals surface area (Å²) in [5.74, 6) is -2.22. The van der Waals surface area contributed by atoms with Gasteiger partial charge in [-0.05, 0) is 46.7 Å². The monoisotopic (exact) mass is 348 g/mol. The van der Waals surface area contributed by atoms with E-state index in [9.17, 15) is 19.5 Å². The zero-order valence-electron chi connectivity index (χ0n) is 12.8. The van der Waals surface area contributed by atoms with E-state index in [0.717, 1.165) is 0 Å². The summed E-state index contributed by atoms with van der Waals surface area (Å²) in [5.41, 5.74) is 1.37. The number of carbonyl (C=O) groups excluding carboxylic acids is 3. The van der Waals surface area contributed by atoms with Gasteiger partial charge in [-0.2, -0.15) is 11.3 Å². The van der Waals surface area contributed by atoms with Gasteiger partial charge in [0.05, 0.1) is 18.8 Å². The van der Waals surface area contributed by atoms with E-state index in [1.165, 1.54) is 42.7 Å². The molecule has 7 nitrogen and oxygen atoms in total. The summed E-state index contributed by atoms with van der Waals surface area (Å²) in [5, 5.41) is 18.2. The van der Waals surface area contributed by atoms with Crippen LogP contribution in [0.4, 0.5) is 5.69 Å². The first-order valence-corrected chi connectivity index (χ1v) is 7.93. The van der Waals surface area contributed by atoms with Crippen LogP contribution in [0.5, 0.6) is 0 Å². The average molecular weight is 348 g/mol. The first-order valence-electron chi connectivity index (χ1n) is 6.99. The summed E-state index contributed by atoms with van der Waals surface area (Å²) < 4.78 is 4.57. The molecule has 1 aromatic heterocycles. The van der Waals surface area contributed by atoms with Gasteiger partial charge >= 0.3 is 17.8 Å². The standard InChI is InChI=1S/C16H16N2O5S/c1-23-16(22)10-2-4-12(5-3-10)18-15(21)14(20)17-8-13(19)11-6-7-24-9-11/h2-7,9,13,19H,8H2,1H3,(H,17,20)(H,18,21). The van der Waals surface area contributed by atoms with Crippen molar-refractivity contribution in [1.82, 2.24) is 5.32 Å². The van der Waals surface area contributed by atoms with E-state index in [-0.39, 0.29) is 6.54 Å². The molecule has 126 valence electrons. The van der Waals surface area contributed by atoms with Gasteiger partial charge in [0.15, 0.2) is 0 Å². The van der Waals surface area contributed by atoms with Crippen molar-refractivity contribution in [3.05, 3.63) is 52.2 Å². The van der Waals surface area contributed by atoms with E-state index in [4.69, 9.17) is 0 Å². The Kier molecular flexibility index (Phi) is 6.05. The minimum absolute atomic E-state index is 0.0652. The lowest BCUT2D eigenvalue weighted by atomic mass is 10.2. The molecule has 1 unspecified atom stereocenters. The normalized spacial score (nSPS) is 11.4.